The van der Waals surface area contributed by atoms with E-state index >= 15 is 0 Å². The number of carbonyl (C=O) groups is 1. The molecular formula is C23H19N3O4S2. The third kappa shape index (κ3) is 4.90. The summed E-state index contributed by atoms with van der Waals surface area (Å²) in [4.78, 5) is 30.6. The first-order chi connectivity index (χ1) is 15.3. The van der Waals surface area contributed by atoms with E-state index in [1.807, 2.05) is 36.4 Å². The third-order valence-electron chi connectivity index (χ3n) is 4.60. The van der Waals surface area contributed by atoms with Gasteiger partial charge in [-0.25, -0.2) is 13.4 Å². The van der Waals surface area contributed by atoms with Crippen LogP contribution in [0.25, 0.3) is 16.6 Å². The molecular weight excluding hydrogens is 446 g/mol. The number of benzene rings is 3. The topological polar surface area (TPSA) is 98.1 Å². The summed E-state index contributed by atoms with van der Waals surface area (Å²) in [5.41, 5.74) is 1.85. The quantitative estimate of drug-likeness (QED) is 0.254. The Bertz CT molecular complexity index is 1450. The van der Waals surface area contributed by atoms with E-state index in [0.717, 1.165) is 6.26 Å². The molecule has 0 atom stereocenters. The Morgan fingerprint density at radius 2 is 1.62 bits per heavy atom. The molecule has 0 unspecified atom stereocenters. The molecule has 0 saturated heterocycles. The number of Topliss-reactive ketones (excluding diaryl/α,β-unsaturated/α-hetero) is 1. The van der Waals surface area contributed by atoms with Crippen molar-refractivity contribution in [1.29, 1.82) is 0 Å². The Hall–Kier alpha value is -3.43. The number of fused-ring (bicyclic) bond motifs is 1. The predicted octanol–water partition coefficient (Wildman–Crippen LogP) is 3.73. The van der Waals surface area contributed by atoms with E-state index in [4.69, 9.17) is 0 Å². The maximum atomic E-state index is 13.2. The molecule has 0 aliphatic rings. The van der Waals surface area contributed by atoms with E-state index in [0.29, 0.717) is 33.0 Å². The van der Waals surface area contributed by atoms with Crippen LogP contribution in [0.4, 0.5) is 5.69 Å². The van der Waals surface area contributed by atoms with E-state index in [1.165, 1.54) is 28.5 Å². The molecule has 4 rings (SSSR count). The summed E-state index contributed by atoms with van der Waals surface area (Å²) >= 11 is 1.18. The van der Waals surface area contributed by atoms with Gasteiger partial charge in [0.2, 0.25) is 10.0 Å². The average Bonchev–Trinajstić information content (AvgIpc) is 2.77. The van der Waals surface area contributed by atoms with Gasteiger partial charge in [0.1, 0.15) is 0 Å². The molecule has 32 heavy (non-hydrogen) atoms. The van der Waals surface area contributed by atoms with E-state index in [1.54, 1.807) is 30.3 Å². The van der Waals surface area contributed by atoms with E-state index in [-0.39, 0.29) is 17.1 Å². The summed E-state index contributed by atoms with van der Waals surface area (Å²) in [5, 5.41) is 0.921. The van der Waals surface area contributed by atoms with Crippen LogP contribution in [0.5, 0.6) is 0 Å². The molecule has 1 heterocycles. The summed E-state index contributed by atoms with van der Waals surface area (Å²) in [6.45, 7) is 0. The minimum atomic E-state index is -3.39. The van der Waals surface area contributed by atoms with Crippen molar-refractivity contribution >= 4 is 44.2 Å². The van der Waals surface area contributed by atoms with Gasteiger partial charge in [-0.2, -0.15) is 0 Å². The Balaban J connectivity index is 1.63. The first-order valence-corrected chi connectivity index (χ1v) is 12.5. The van der Waals surface area contributed by atoms with Gasteiger partial charge in [-0.05, 0) is 48.5 Å². The molecule has 1 N–H and O–H groups in total. The van der Waals surface area contributed by atoms with Crippen molar-refractivity contribution in [3.05, 3.63) is 94.8 Å². The maximum absolute atomic E-state index is 13.2. The summed E-state index contributed by atoms with van der Waals surface area (Å²) < 4.78 is 26.5. The number of para-hydroxylation sites is 2. The van der Waals surface area contributed by atoms with Crippen LogP contribution in [-0.2, 0) is 10.0 Å². The van der Waals surface area contributed by atoms with Crippen molar-refractivity contribution in [3.8, 4) is 5.69 Å². The molecule has 4 aromatic rings. The van der Waals surface area contributed by atoms with Crippen molar-refractivity contribution < 1.29 is 13.2 Å². The van der Waals surface area contributed by atoms with Gasteiger partial charge in [0.15, 0.2) is 10.9 Å². The fraction of sp³-hybridized carbons (Fsp3) is 0.0870. The zero-order valence-electron chi connectivity index (χ0n) is 17.1. The number of carbonyl (C=O) groups excluding carboxylic acids is 1. The normalized spacial score (nSPS) is 11.4. The van der Waals surface area contributed by atoms with Crippen LogP contribution in [0.1, 0.15) is 10.4 Å². The van der Waals surface area contributed by atoms with Crippen LogP contribution in [0, 0.1) is 0 Å². The SMILES string of the molecule is CS(=O)(=O)Nc1ccc(C(=O)CSc2nc3ccccc3c(=O)n2-c2ccccc2)cc1. The summed E-state index contributed by atoms with van der Waals surface area (Å²) in [6, 6.07) is 22.5. The van der Waals surface area contributed by atoms with Gasteiger partial charge in [-0.3, -0.25) is 18.9 Å². The number of hydrogen-bond acceptors (Lipinski definition) is 6. The number of thioether (sulfide) groups is 1. The van der Waals surface area contributed by atoms with Crippen molar-refractivity contribution in [3.63, 3.8) is 0 Å². The van der Waals surface area contributed by atoms with Crippen LogP contribution in [0.3, 0.4) is 0 Å². The molecule has 7 nitrogen and oxygen atoms in total. The van der Waals surface area contributed by atoms with Crippen LogP contribution >= 0.6 is 11.8 Å². The van der Waals surface area contributed by atoms with Gasteiger partial charge in [0, 0.05) is 11.3 Å². The fourth-order valence-electron chi connectivity index (χ4n) is 3.17. The number of hydrogen-bond donors (Lipinski definition) is 1. The molecule has 0 spiro atoms. The zero-order chi connectivity index (χ0) is 22.7. The standard InChI is InChI=1S/C23H19N3O4S2/c1-32(29,30)25-17-13-11-16(12-14-17)21(27)15-31-23-24-20-10-6-5-9-19(20)22(28)26(23)18-7-3-2-4-8-18/h2-14,25H,15H2,1H3. The van der Waals surface area contributed by atoms with E-state index in [2.05, 4.69) is 9.71 Å². The van der Waals surface area contributed by atoms with Crippen molar-refractivity contribution in [1.82, 2.24) is 9.55 Å². The maximum Gasteiger partial charge on any atom is 0.266 e. The highest BCUT2D eigenvalue weighted by Gasteiger charge is 2.15. The van der Waals surface area contributed by atoms with Gasteiger partial charge < -0.3 is 0 Å². The molecule has 0 fully saturated rings. The third-order valence-corrected chi connectivity index (χ3v) is 6.15. The lowest BCUT2D eigenvalue weighted by Crippen LogP contribution is -2.22. The van der Waals surface area contributed by atoms with Gasteiger partial charge in [-0.15, -0.1) is 0 Å². The first-order valence-electron chi connectivity index (χ1n) is 9.63. The first kappa shape index (κ1) is 21.8. The van der Waals surface area contributed by atoms with Crippen LogP contribution < -0.4 is 10.3 Å². The van der Waals surface area contributed by atoms with Gasteiger partial charge in [-0.1, -0.05) is 42.1 Å². The molecule has 3 aromatic carbocycles. The summed E-state index contributed by atoms with van der Waals surface area (Å²) in [6.07, 6.45) is 1.06. The second kappa shape index (κ2) is 8.97. The van der Waals surface area contributed by atoms with Crippen LogP contribution in [0.15, 0.2) is 88.8 Å². The average molecular weight is 466 g/mol. The zero-order valence-corrected chi connectivity index (χ0v) is 18.7. The fourth-order valence-corrected chi connectivity index (χ4v) is 4.64. The summed E-state index contributed by atoms with van der Waals surface area (Å²) in [7, 11) is -3.39. The van der Waals surface area contributed by atoms with Crippen LogP contribution in [-0.4, -0.2) is 35.8 Å². The van der Waals surface area contributed by atoms with Crippen molar-refractivity contribution in [2.24, 2.45) is 0 Å². The lowest BCUT2D eigenvalue weighted by atomic mass is 10.1. The summed E-state index contributed by atoms with van der Waals surface area (Å²) in [5.74, 6) is -0.0980. The monoisotopic (exact) mass is 465 g/mol. The van der Waals surface area contributed by atoms with E-state index in [9.17, 15) is 18.0 Å². The molecule has 0 aliphatic heterocycles. The highest BCUT2D eigenvalue weighted by atomic mass is 32.2. The Morgan fingerprint density at radius 1 is 0.969 bits per heavy atom. The molecule has 1 aromatic heterocycles. The second-order valence-corrected chi connectivity index (χ2v) is 9.74. The lowest BCUT2D eigenvalue weighted by Gasteiger charge is -2.13. The molecule has 0 bridgehead atoms. The Morgan fingerprint density at radius 3 is 2.31 bits per heavy atom. The molecule has 0 aliphatic carbocycles. The minimum absolute atomic E-state index is 0.0659. The Labute approximate surface area is 189 Å². The number of rotatable bonds is 7. The number of nitrogens with zero attached hydrogens (tertiary/aromatic N) is 2. The number of aromatic nitrogens is 2. The van der Waals surface area contributed by atoms with Crippen LogP contribution in [0.2, 0.25) is 0 Å². The number of anilines is 1. The molecule has 0 amide bonds. The highest BCUT2D eigenvalue weighted by Crippen LogP contribution is 2.22. The minimum Gasteiger partial charge on any atom is -0.293 e. The van der Waals surface area contributed by atoms with Crippen molar-refractivity contribution in [2.45, 2.75) is 5.16 Å². The largest absolute Gasteiger partial charge is 0.293 e. The molecule has 9 heteroatoms. The van der Waals surface area contributed by atoms with Gasteiger partial charge in [0.05, 0.1) is 28.6 Å². The Kier molecular flexibility index (Phi) is 6.11. The lowest BCUT2D eigenvalue weighted by molar-refractivity contribution is 0.102. The predicted molar refractivity (Wildman–Crippen MR) is 127 cm³/mol. The second-order valence-electron chi connectivity index (χ2n) is 7.05. The molecule has 0 radical (unpaired) electrons. The van der Waals surface area contributed by atoms with Gasteiger partial charge in [0.25, 0.3) is 5.56 Å². The number of ketones is 1. The number of sulfonamides is 1. The highest BCUT2D eigenvalue weighted by molar-refractivity contribution is 7.99. The number of nitrogens with one attached hydrogen (secondary N) is 1. The van der Waals surface area contributed by atoms with E-state index < -0.39 is 10.0 Å². The van der Waals surface area contributed by atoms with Crippen molar-refractivity contribution in [2.75, 3.05) is 16.7 Å². The molecule has 0 saturated carbocycles. The smallest absolute Gasteiger partial charge is 0.266 e. The molecule has 162 valence electrons. The van der Waals surface area contributed by atoms with Gasteiger partial charge >= 0.3 is 0 Å².